The molecule has 0 radical (unpaired) electrons. The molecule has 5 heteroatoms. The Morgan fingerprint density at radius 2 is 1.02 bits per heavy atom. The van der Waals surface area contributed by atoms with Crippen molar-refractivity contribution in [2.45, 2.75) is 132 Å². The number of carbonyl (C=O) groups is 2. The first-order valence-electron chi connectivity index (χ1n) is 17.8. The fourth-order valence-electron chi connectivity index (χ4n) is 11.2. The minimum absolute atomic E-state index is 0. The standard InChI is InChI=1S/2C20H30O2.Ba/c2*1-13(2)14-6-8-16-15(12-14)7-9-17-19(16,3)10-5-11-20(17,4)18(21)22;/h2*7,12-13,16-17H,5-6,8-11H2,1-4H3,(H,21,22);/q;;+2/p-2/t2*16-,17+,19+,20+;/m00./s1. The summed E-state index contributed by atoms with van der Waals surface area (Å²) in [5.74, 6) is 1.08. The molecule has 0 heterocycles. The van der Waals surface area contributed by atoms with Crippen molar-refractivity contribution in [3.63, 3.8) is 0 Å². The number of fused-ring (bicyclic) bond motifs is 6. The van der Waals surface area contributed by atoms with Crippen LogP contribution in [-0.4, -0.2) is 60.8 Å². The normalized spacial score (nSPS) is 40.4. The van der Waals surface area contributed by atoms with Gasteiger partial charge in [0.1, 0.15) is 0 Å². The van der Waals surface area contributed by atoms with E-state index in [1.165, 1.54) is 36.8 Å². The first-order valence-corrected chi connectivity index (χ1v) is 17.8. The number of hydrogen-bond acceptors (Lipinski definition) is 4. The molecule has 0 aromatic rings. The van der Waals surface area contributed by atoms with E-state index < -0.39 is 22.8 Å². The Hall–Kier alpha value is -0.529. The Kier molecular flexibility index (Phi) is 11.4. The van der Waals surface area contributed by atoms with E-state index in [1.54, 1.807) is 11.1 Å². The van der Waals surface area contributed by atoms with E-state index in [2.05, 4.69) is 65.8 Å². The third-order valence-corrected chi connectivity index (χ3v) is 14.1. The molecule has 0 aromatic carbocycles. The number of carboxylic acid groups (broad SMARTS) is 2. The third-order valence-electron chi connectivity index (χ3n) is 14.1. The van der Waals surface area contributed by atoms with Crippen molar-refractivity contribution < 1.29 is 19.8 Å². The molecule has 6 rings (SSSR count). The molecule has 2 saturated carbocycles. The summed E-state index contributed by atoms with van der Waals surface area (Å²) in [5.41, 5.74) is 5.01. The molecule has 8 atom stereocenters. The summed E-state index contributed by atoms with van der Waals surface area (Å²) < 4.78 is 0. The maximum Gasteiger partial charge on any atom is 2.00 e. The van der Waals surface area contributed by atoms with Crippen LogP contribution >= 0.6 is 0 Å². The van der Waals surface area contributed by atoms with Crippen LogP contribution < -0.4 is 10.2 Å². The fraction of sp³-hybridized carbons (Fsp3) is 0.750. The van der Waals surface area contributed by atoms with Crippen molar-refractivity contribution in [3.05, 3.63) is 46.6 Å². The molecule has 244 valence electrons. The Labute approximate surface area is 314 Å². The molecule has 0 bridgehead atoms. The van der Waals surface area contributed by atoms with Crippen LogP contribution in [0.15, 0.2) is 46.6 Å². The number of hydrogen-bond donors (Lipinski definition) is 0. The second-order valence-corrected chi connectivity index (χ2v) is 17.0. The van der Waals surface area contributed by atoms with Gasteiger partial charge in [0.25, 0.3) is 0 Å². The van der Waals surface area contributed by atoms with E-state index in [1.807, 2.05) is 13.8 Å². The van der Waals surface area contributed by atoms with Gasteiger partial charge in [0.2, 0.25) is 0 Å². The van der Waals surface area contributed by atoms with Crippen LogP contribution in [0.5, 0.6) is 0 Å². The van der Waals surface area contributed by atoms with Crippen molar-refractivity contribution in [2.75, 3.05) is 0 Å². The molecular formula is C40H58BaO4. The molecule has 0 amide bonds. The predicted molar refractivity (Wildman–Crippen MR) is 180 cm³/mol. The molecule has 0 unspecified atom stereocenters. The van der Waals surface area contributed by atoms with E-state index in [0.717, 1.165) is 51.4 Å². The number of carboxylic acids is 2. The van der Waals surface area contributed by atoms with E-state index in [-0.39, 0.29) is 71.5 Å². The SMILES string of the molecule is CC(C)C1=CC2=CC[C@@H]3[C@](C)(CCC[C@@]3(C)C(=O)[O-])[C@H]2CC1.CC(C)C1=CC2=CC[C@@H]3[C@](C)(CCC[C@@]3(C)C(=O)[O-])[C@H]2CC1.[Ba+2]. The maximum absolute atomic E-state index is 11.8. The van der Waals surface area contributed by atoms with Gasteiger partial charge in [-0.15, -0.1) is 0 Å². The van der Waals surface area contributed by atoms with E-state index in [4.69, 9.17) is 0 Å². The summed E-state index contributed by atoms with van der Waals surface area (Å²) in [4.78, 5) is 23.7. The van der Waals surface area contributed by atoms with E-state index >= 15 is 0 Å². The van der Waals surface area contributed by atoms with Gasteiger partial charge < -0.3 is 19.8 Å². The summed E-state index contributed by atoms with van der Waals surface area (Å²) >= 11 is 0. The number of aliphatic carboxylic acids is 2. The van der Waals surface area contributed by atoms with Crippen LogP contribution in [0.2, 0.25) is 0 Å². The average Bonchev–Trinajstić information content (AvgIpc) is 2.96. The summed E-state index contributed by atoms with van der Waals surface area (Å²) in [6.45, 7) is 17.7. The predicted octanol–water partition coefficient (Wildman–Crippen LogP) is 7.36. The van der Waals surface area contributed by atoms with Crippen LogP contribution in [-0.2, 0) is 9.59 Å². The fourth-order valence-corrected chi connectivity index (χ4v) is 11.2. The van der Waals surface area contributed by atoms with Gasteiger partial charge in [0, 0.05) is 22.8 Å². The van der Waals surface area contributed by atoms with Crippen molar-refractivity contribution in [1.82, 2.24) is 0 Å². The molecule has 0 N–H and O–H groups in total. The van der Waals surface area contributed by atoms with Gasteiger partial charge in [-0.05, 0) is 122 Å². The van der Waals surface area contributed by atoms with Gasteiger partial charge >= 0.3 is 48.9 Å². The summed E-state index contributed by atoms with van der Waals surface area (Å²) in [5, 5.41) is 23.7. The summed E-state index contributed by atoms with van der Waals surface area (Å²) in [7, 11) is 0. The van der Waals surface area contributed by atoms with Crippen LogP contribution in [0.4, 0.5) is 0 Å². The van der Waals surface area contributed by atoms with E-state index in [9.17, 15) is 19.8 Å². The molecule has 0 aliphatic heterocycles. The third kappa shape index (κ3) is 6.47. The Balaban J connectivity index is 0.000000200. The van der Waals surface area contributed by atoms with Gasteiger partial charge in [0.05, 0.1) is 0 Å². The topological polar surface area (TPSA) is 80.3 Å². The van der Waals surface area contributed by atoms with Crippen molar-refractivity contribution in [1.29, 1.82) is 0 Å². The first kappa shape index (κ1) is 37.3. The van der Waals surface area contributed by atoms with E-state index in [0.29, 0.717) is 23.7 Å². The smallest absolute Gasteiger partial charge is 0.550 e. The second-order valence-electron chi connectivity index (χ2n) is 17.0. The van der Waals surface area contributed by atoms with Crippen LogP contribution in [0.1, 0.15) is 132 Å². The van der Waals surface area contributed by atoms with Crippen LogP contribution in [0.25, 0.3) is 0 Å². The van der Waals surface area contributed by atoms with Crippen LogP contribution in [0, 0.1) is 57.2 Å². The maximum atomic E-state index is 11.8. The molecule has 4 nitrogen and oxygen atoms in total. The van der Waals surface area contributed by atoms with Gasteiger partial charge in [-0.1, -0.05) is 104 Å². The zero-order valence-corrected chi connectivity index (χ0v) is 34.0. The quantitative estimate of drug-likeness (QED) is 0.283. The first-order chi connectivity index (χ1) is 20.6. The van der Waals surface area contributed by atoms with Crippen molar-refractivity contribution >= 4 is 60.8 Å². The Morgan fingerprint density at radius 1 is 0.667 bits per heavy atom. The molecule has 0 spiro atoms. The van der Waals surface area contributed by atoms with Crippen molar-refractivity contribution in [3.8, 4) is 0 Å². The zero-order chi connectivity index (χ0) is 32.2. The minimum atomic E-state index is -0.838. The average molecular weight is 740 g/mol. The summed E-state index contributed by atoms with van der Waals surface area (Å²) in [6, 6.07) is 0. The molecule has 0 saturated heterocycles. The Morgan fingerprint density at radius 3 is 1.33 bits per heavy atom. The van der Waals surface area contributed by atoms with Crippen LogP contribution in [0.3, 0.4) is 0 Å². The van der Waals surface area contributed by atoms with Crippen molar-refractivity contribution in [2.24, 2.45) is 57.2 Å². The van der Waals surface area contributed by atoms with Gasteiger partial charge in [-0.2, -0.15) is 0 Å². The molecular weight excluding hydrogens is 682 g/mol. The Bertz CT molecular complexity index is 1190. The van der Waals surface area contributed by atoms with Gasteiger partial charge in [-0.25, -0.2) is 0 Å². The molecule has 0 aromatic heterocycles. The number of rotatable bonds is 4. The zero-order valence-electron chi connectivity index (χ0n) is 29.6. The monoisotopic (exact) mass is 740 g/mol. The largest absolute Gasteiger partial charge is 2.00 e. The molecule has 45 heavy (non-hydrogen) atoms. The van der Waals surface area contributed by atoms with Gasteiger partial charge in [-0.3, -0.25) is 0 Å². The molecule has 6 aliphatic carbocycles. The minimum Gasteiger partial charge on any atom is -0.550 e. The summed E-state index contributed by atoms with van der Waals surface area (Å²) in [6.07, 6.45) is 21.9. The number of carbonyl (C=O) groups excluding carboxylic acids is 2. The second kappa shape index (κ2) is 13.8. The number of allylic oxidation sites excluding steroid dienone is 8. The van der Waals surface area contributed by atoms with Gasteiger partial charge in [0.15, 0.2) is 0 Å². The molecule has 6 aliphatic rings. The molecule has 2 fully saturated rings.